The molecule has 0 amide bonds. The van der Waals surface area contributed by atoms with E-state index in [-0.39, 0.29) is 5.92 Å². The van der Waals surface area contributed by atoms with Crippen molar-refractivity contribution in [1.29, 1.82) is 0 Å². The summed E-state index contributed by atoms with van der Waals surface area (Å²) in [4.78, 5) is 11.9. The van der Waals surface area contributed by atoms with Crippen molar-refractivity contribution in [1.82, 2.24) is 5.43 Å². The first kappa shape index (κ1) is 11.7. The molecule has 3 nitrogen and oxygen atoms in total. The number of carbonyl (C=O) groups excluding carboxylic acids is 1. The van der Waals surface area contributed by atoms with Gasteiger partial charge in [-0.3, -0.25) is 4.79 Å². The largest absolute Gasteiger partial charge is 0.304 e. The van der Waals surface area contributed by atoms with Crippen LogP contribution in [0.15, 0.2) is 18.2 Å². The zero-order valence-corrected chi connectivity index (χ0v) is 11.1. The second-order valence-corrected chi connectivity index (χ2v) is 5.48. The number of hydrogen-bond donors (Lipinski definition) is 1. The monoisotopic (exact) mass is 244 g/mol. The number of ketones is 1. The lowest BCUT2D eigenvalue weighted by Crippen LogP contribution is -2.41. The van der Waals surface area contributed by atoms with E-state index in [1.807, 2.05) is 0 Å². The molecule has 0 spiro atoms. The Morgan fingerprint density at radius 2 is 2.17 bits per heavy atom. The topological polar surface area (TPSA) is 32.3 Å². The molecule has 1 aliphatic carbocycles. The zero-order chi connectivity index (χ0) is 12.7. The third-order valence-corrected chi connectivity index (χ3v) is 4.45. The summed E-state index contributed by atoms with van der Waals surface area (Å²) in [7, 11) is 0. The van der Waals surface area contributed by atoms with Gasteiger partial charge in [-0.15, -0.1) is 0 Å². The van der Waals surface area contributed by atoms with E-state index in [4.69, 9.17) is 0 Å². The highest BCUT2D eigenvalue weighted by Crippen LogP contribution is 2.34. The Morgan fingerprint density at radius 1 is 1.33 bits per heavy atom. The number of Topliss-reactive ketones (excluding diaryl/α,β-unsaturated/α-hetero) is 1. The van der Waals surface area contributed by atoms with Crippen LogP contribution in [0.3, 0.4) is 0 Å². The molecule has 2 atom stereocenters. The Kier molecular flexibility index (Phi) is 2.86. The van der Waals surface area contributed by atoms with Gasteiger partial charge in [-0.1, -0.05) is 12.1 Å². The number of carbonyl (C=O) groups is 1. The van der Waals surface area contributed by atoms with Gasteiger partial charge in [-0.2, -0.15) is 0 Å². The average molecular weight is 244 g/mol. The summed E-state index contributed by atoms with van der Waals surface area (Å²) in [5.74, 6) is 0.630. The zero-order valence-electron chi connectivity index (χ0n) is 11.1. The van der Waals surface area contributed by atoms with Crippen LogP contribution in [-0.4, -0.2) is 18.4 Å². The molecule has 1 saturated heterocycles. The van der Waals surface area contributed by atoms with Crippen LogP contribution in [0.1, 0.15) is 30.4 Å². The van der Waals surface area contributed by atoms with Crippen molar-refractivity contribution in [3.8, 4) is 0 Å². The standard InChI is InChI=1S/C15H20N2O/c1-10-5-3-6-13(11(10)2)17-14-7-4-8-15(18)12(14)9-16-17/h3,5-6,12,14,16H,4,7-9H2,1-2H3. The van der Waals surface area contributed by atoms with E-state index in [1.165, 1.54) is 16.8 Å². The molecule has 18 heavy (non-hydrogen) atoms. The fraction of sp³-hybridized carbons (Fsp3) is 0.533. The fourth-order valence-corrected chi connectivity index (χ4v) is 3.22. The number of hydrogen-bond acceptors (Lipinski definition) is 3. The molecule has 1 aromatic carbocycles. The third kappa shape index (κ3) is 1.74. The molecule has 3 rings (SSSR count). The van der Waals surface area contributed by atoms with Gasteiger partial charge in [0.05, 0.1) is 17.6 Å². The molecular weight excluding hydrogens is 224 g/mol. The lowest BCUT2D eigenvalue weighted by atomic mass is 9.84. The summed E-state index contributed by atoms with van der Waals surface area (Å²) < 4.78 is 0. The van der Waals surface area contributed by atoms with Gasteiger partial charge in [-0.05, 0) is 43.9 Å². The van der Waals surface area contributed by atoms with Gasteiger partial charge in [0.25, 0.3) is 0 Å². The van der Waals surface area contributed by atoms with E-state index in [0.29, 0.717) is 11.8 Å². The van der Waals surface area contributed by atoms with E-state index in [9.17, 15) is 4.79 Å². The molecule has 1 saturated carbocycles. The summed E-state index contributed by atoms with van der Waals surface area (Å²) in [6.07, 6.45) is 2.92. The minimum atomic E-state index is 0.193. The van der Waals surface area contributed by atoms with Crippen LogP contribution in [0.4, 0.5) is 5.69 Å². The molecule has 0 radical (unpaired) electrons. The molecule has 96 valence electrons. The maximum absolute atomic E-state index is 11.9. The lowest BCUT2D eigenvalue weighted by Gasteiger charge is -2.32. The molecule has 3 heteroatoms. The maximum Gasteiger partial charge on any atom is 0.139 e. The van der Waals surface area contributed by atoms with Crippen LogP contribution in [0, 0.1) is 19.8 Å². The van der Waals surface area contributed by atoms with Gasteiger partial charge >= 0.3 is 0 Å². The molecule has 0 bridgehead atoms. The predicted molar refractivity (Wildman–Crippen MR) is 72.5 cm³/mol. The second kappa shape index (κ2) is 4.39. The van der Waals surface area contributed by atoms with Gasteiger partial charge in [0.2, 0.25) is 0 Å². The number of rotatable bonds is 1. The molecule has 1 N–H and O–H groups in total. The van der Waals surface area contributed by atoms with Crippen LogP contribution in [0.25, 0.3) is 0 Å². The number of anilines is 1. The fourth-order valence-electron chi connectivity index (χ4n) is 3.22. The minimum absolute atomic E-state index is 0.193. The van der Waals surface area contributed by atoms with Crippen LogP contribution in [0.2, 0.25) is 0 Å². The second-order valence-electron chi connectivity index (χ2n) is 5.48. The third-order valence-electron chi connectivity index (χ3n) is 4.45. The van der Waals surface area contributed by atoms with E-state index >= 15 is 0 Å². The van der Waals surface area contributed by atoms with Gasteiger partial charge in [0, 0.05) is 13.0 Å². The van der Waals surface area contributed by atoms with Crippen LogP contribution in [-0.2, 0) is 4.79 Å². The number of nitrogens with zero attached hydrogens (tertiary/aromatic N) is 1. The molecular formula is C15H20N2O. The number of hydrazine groups is 1. The van der Waals surface area contributed by atoms with E-state index in [2.05, 4.69) is 42.5 Å². The van der Waals surface area contributed by atoms with Crippen molar-refractivity contribution >= 4 is 11.5 Å². The Bertz CT molecular complexity index is 483. The van der Waals surface area contributed by atoms with Crippen LogP contribution >= 0.6 is 0 Å². The highest BCUT2D eigenvalue weighted by Gasteiger charge is 2.41. The first-order valence-corrected chi connectivity index (χ1v) is 6.80. The first-order valence-electron chi connectivity index (χ1n) is 6.80. The Balaban J connectivity index is 1.93. The predicted octanol–water partition coefficient (Wildman–Crippen LogP) is 2.37. The minimum Gasteiger partial charge on any atom is -0.304 e. The summed E-state index contributed by atoms with van der Waals surface area (Å²) >= 11 is 0. The highest BCUT2D eigenvalue weighted by atomic mass is 16.1. The molecule has 0 aromatic heterocycles. The molecule has 1 heterocycles. The Hall–Kier alpha value is -1.35. The summed E-state index contributed by atoms with van der Waals surface area (Å²) in [5.41, 5.74) is 7.27. The molecule has 2 fully saturated rings. The molecule has 2 aliphatic rings. The van der Waals surface area contributed by atoms with Crippen molar-refractivity contribution < 1.29 is 4.79 Å². The smallest absolute Gasteiger partial charge is 0.139 e. The SMILES string of the molecule is Cc1cccc(N2NCC3C(=O)CCCC32)c1C. The van der Waals surface area contributed by atoms with Crippen molar-refractivity contribution in [2.75, 3.05) is 11.6 Å². The quantitative estimate of drug-likeness (QED) is 0.823. The number of benzene rings is 1. The van der Waals surface area contributed by atoms with Crippen molar-refractivity contribution in [2.45, 2.75) is 39.2 Å². The molecule has 2 unspecified atom stereocenters. The Labute approximate surface area is 108 Å². The van der Waals surface area contributed by atoms with Crippen molar-refractivity contribution in [3.63, 3.8) is 0 Å². The lowest BCUT2D eigenvalue weighted by molar-refractivity contribution is -0.124. The van der Waals surface area contributed by atoms with Gasteiger partial charge in [0.1, 0.15) is 5.78 Å². The first-order chi connectivity index (χ1) is 8.68. The molecule has 1 aromatic rings. The summed E-state index contributed by atoms with van der Waals surface area (Å²) in [6, 6.07) is 6.73. The van der Waals surface area contributed by atoms with Crippen molar-refractivity contribution in [2.24, 2.45) is 5.92 Å². The summed E-state index contributed by atoms with van der Waals surface area (Å²) in [5, 5.41) is 2.24. The van der Waals surface area contributed by atoms with E-state index < -0.39 is 0 Å². The van der Waals surface area contributed by atoms with Crippen LogP contribution < -0.4 is 10.4 Å². The number of nitrogens with one attached hydrogen (secondary N) is 1. The van der Waals surface area contributed by atoms with Crippen LogP contribution in [0.5, 0.6) is 0 Å². The van der Waals surface area contributed by atoms with Crippen molar-refractivity contribution in [3.05, 3.63) is 29.3 Å². The van der Waals surface area contributed by atoms with Gasteiger partial charge < -0.3 is 5.01 Å². The van der Waals surface area contributed by atoms with E-state index in [0.717, 1.165) is 25.8 Å². The normalized spacial score (nSPS) is 27.4. The molecule has 1 aliphatic heterocycles. The average Bonchev–Trinajstić information content (AvgIpc) is 2.78. The Morgan fingerprint density at radius 3 is 3.00 bits per heavy atom. The number of aryl methyl sites for hydroxylation is 1. The van der Waals surface area contributed by atoms with E-state index in [1.54, 1.807) is 0 Å². The number of fused-ring (bicyclic) bond motifs is 1. The highest BCUT2D eigenvalue weighted by molar-refractivity contribution is 5.84. The van der Waals surface area contributed by atoms with Gasteiger partial charge in [-0.25, -0.2) is 5.43 Å². The summed E-state index contributed by atoms with van der Waals surface area (Å²) in [6.45, 7) is 5.10. The maximum atomic E-state index is 11.9. The van der Waals surface area contributed by atoms with Gasteiger partial charge in [0.15, 0.2) is 0 Å².